The van der Waals surface area contributed by atoms with E-state index in [1.807, 2.05) is 17.1 Å². The lowest BCUT2D eigenvalue weighted by atomic mass is 10.2. The minimum Gasteiger partial charge on any atom is -0.310 e. The highest BCUT2D eigenvalue weighted by Crippen LogP contribution is 2.39. The Balaban J connectivity index is 1.63. The van der Waals surface area contributed by atoms with Crippen molar-refractivity contribution in [2.24, 2.45) is 0 Å². The van der Waals surface area contributed by atoms with Crippen LogP contribution in [0.1, 0.15) is 42.9 Å². The Labute approximate surface area is 126 Å². The summed E-state index contributed by atoms with van der Waals surface area (Å²) in [4.78, 5) is 4.55. The molecule has 2 aromatic heterocycles. The molecule has 0 radical (unpaired) electrons. The van der Waals surface area contributed by atoms with Crippen LogP contribution in [0.2, 0.25) is 0 Å². The van der Waals surface area contributed by atoms with Gasteiger partial charge in [0.1, 0.15) is 0 Å². The smallest absolute Gasteiger partial charge is 0.157 e. The molecule has 0 spiro atoms. The van der Waals surface area contributed by atoms with Gasteiger partial charge in [0.15, 0.2) is 5.82 Å². The molecule has 4 rings (SSSR count). The lowest BCUT2D eigenvalue weighted by molar-refractivity contribution is 0.675. The number of rotatable bonds is 5. The van der Waals surface area contributed by atoms with Crippen LogP contribution in [-0.2, 0) is 6.54 Å². The van der Waals surface area contributed by atoms with Crippen molar-refractivity contribution in [1.29, 1.82) is 0 Å². The molecule has 2 saturated carbocycles. The molecule has 104 valence electrons. The second-order valence-corrected chi connectivity index (χ2v) is 6.67. The van der Waals surface area contributed by atoms with E-state index in [0.717, 1.165) is 16.8 Å². The van der Waals surface area contributed by atoms with Crippen LogP contribution in [0.15, 0.2) is 29.0 Å². The monoisotopic (exact) mass is 332 g/mol. The predicted octanol–water partition coefficient (Wildman–Crippen LogP) is 3.16. The average molecular weight is 333 g/mol. The highest BCUT2D eigenvalue weighted by molar-refractivity contribution is 9.10. The number of halogens is 1. The van der Waals surface area contributed by atoms with Crippen molar-refractivity contribution in [3.63, 3.8) is 0 Å². The zero-order chi connectivity index (χ0) is 13.5. The van der Waals surface area contributed by atoms with Gasteiger partial charge in [0.2, 0.25) is 0 Å². The van der Waals surface area contributed by atoms with E-state index < -0.39 is 0 Å². The van der Waals surface area contributed by atoms with Crippen molar-refractivity contribution >= 4 is 15.9 Å². The molecule has 1 N–H and O–H groups in total. The fraction of sp³-hybridized carbons (Fsp3) is 0.467. The Bertz CT molecular complexity index is 629. The maximum Gasteiger partial charge on any atom is 0.157 e. The molecule has 0 saturated heterocycles. The fourth-order valence-corrected chi connectivity index (χ4v) is 2.78. The van der Waals surface area contributed by atoms with Crippen LogP contribution in [0.3, 0.4) is 0 Å². The van der Waals surface area contributed by atoms with Crippen LogP contribution in [0.4, 0.5) is 0 Å². The highest BCUT2D eigenvalue weighted by atomic mass is 79.9. The van der Waals surface area contributed by atoms with Gasteiger partial charge in [0.25, 0.3) is 0 Å². The van der Waals surface area contributed by atoms with Gasteiger partial charge in [0.05, 0.1) is 5.69 Å². The van der Waals surface area contributed by atoms with Gasteiger partial charge < -0.3 is 5.32 Å². The molecule has 0 unspecified atom stereocenters. The molecule has 0 aromatic carbocycles. The third-order valence-electron chi connectivity index (χ3n) is 3.89. The van der Waals surface area contributed by atoms with E-state index >= 15 is 0 Å². The van der Waals surface area contributed by atoms with Crippen LogP contribution in [0.25, 0.3) is 5.82 Å². The van der Waals surface area contributed by atoms with Gasteiger partial charge in [-0.15, -0.1) is 0 Å². The Morgan fingerprint density at radius 2 is 2.15 bits per heavy atom. The van der Waals surface area contributed by atoms with Gasteiger partial charge in [-0.3, -0.25) is 0 Å². The second kappa shape index (κ2) is 4.97. The van der Waals surface area contributed by atoms with Crippen molar-refractivity contribution in [2.45, 2.75) is 44.2 Å². The molecular weight excluding hydrogens is 316 g/mol. The molecule has 2 aliphatic carbocycles. The predicted molar refractivity (Wildman–Crippen MR) is 80.9 cm³/mol. The van der Waals surface area contributed by atoms with Crippen molar-refractivity contribution < 1.29 is 0 Å². The average Bonchev–Trinajstić information content (AvgIpc) is 3.37. The van der Waals surface area contributed by atoms with Gasteiger partial charge in [-0.1, -0.05) is 0 Å². The Kier molecular flexibility index (Phi) is 3.11. The third-order valence-corrected chi connectivity index (χ3v) is 4.32. The molecule has 0 bridgehead atoms. The zero-order valence-electron chi connectivity index (χ0n) is 11.2. The van der Waals surface area contributed by atoms with Crippen LogP contribution in [0.5, 0.6) is 0 Å². The molecule has 20 heavy (non-hydrogen) atoms. The largest absolute Gasteiger partial charge is 0.310 e. The maximum absolute atomic E-state index is 4.69. The zero-order valence-corrected chi connectivity index (χ0v) is 12.8. The summed E-state index contributed by atoms with van der Waals surface area (Å²) in [5.74, 6) is 1.62. The van der Waals surface area contributed by atoms with Gasteiger partial charge in [0, 0.05) is 40.9 Å². The van der Waals surface area contributed by atoms with E-state index in [1.54, 1.807) is 0 Å². The summed E-state index contributed by atoms with van der Waals surface area (Å²) in [6.45, 7) is 0.852. The summed E-state index contributed by atoms with van der Waals surface area (Å²) in [5, 5.41) is 8.24. The first-order chi connectivity index (χ1) is 9.79. The minimum atomic E-state index is 0.680. The van der Waals surface area contributed by atoms with E-state index in [-0.39, 0.29) is 0 Å². The van der Waals surface area contributed by atoms with Gasteiger partial charge in [-0.2, -0.15) is 5.10 Å². The van der Waals surface area contributed by atoms with Crippen LogP contribution < -0.4 is 5.32 Å². The number of nitrogens with zero attached hydrogens (tertiary/aromatic N) is 3. The fourth-order valence-electron chi connectivity index (χ4n) is 2.40. The molecular formula is C15H17BrN4. The van der Waals surface area contributed by atoms with Crippen molar-refractivity contribution in [1.82, 2.24) is 20.1 Å². The molecule has 5 heteroatoms. The second-order valence-electron chi connectivity index (χ2n) is 5.75. The van der Waals surface area contributed by atoms with E-state index in [9.17, 15) is 0 Å². The summed E-state index contributed by atoms with van der Waals surface area (Å²) < 4.78 is 2.94. The van der Waals surface area contributed by atoms with Crippen molar-refractivity contribution in [2.75, 3.05) is 0 Å². The van der Waals surface area contributed by atoms with E-state index in [0.29, 0.717) is 12.0 Å². The molecule has 2 heterocycles. The van der Waals surface area contributed by atoms with E-state index in [4.69, 9.17) is 0 Å². The molecule has 4 nitrogen and oxygen atoms in total. The Morgan fingerprint density at radius 3 is 2.90 bits per heavy atom. The number of nitrogens with one attached hydrogen (secondary N) is 1. The topological polar surface area (TPSA) is 42.7 Å². The van der Waals surface area contributed by atoms with E-state index in [1.165, 1.54) is 36.9 Å². The Morgan fingerprint density at radius 1 is 1.30 bits per heavy atom. The lowest BCUT2D eigenvalue weighted by Crippen LogP contribution is -2.17. The first kappa shape index (κ1) is 12.5. The Hall–Kier alpha value is -1.20. The van der Waals surface area contributed by atoms with Crippen molar-refractivity contribution in [3.05, 3.63) is 40.3 Å². The highest BCUT2D eigenvalue weighted by Gasteiger charge is 2.26. The summed E-state index contributed by atoms with van der Waals surface area (Å²) in [7, 11) is 0. The molecule has 2 aliphatic rings. The van der Waals surface area contributed by atoms with E-state index in [2.05, 4.69) is 43.5 Å². The first-order valence-electron chi connectivity index (χ1n) is 7.23. The number of pyridine rings is 1. The third kappa shape index (κ3) is 2.65. The first-order valence-corrected chi connectivity index (χ1v) is 8.02. The summed E-state index contributed by atoms with van der Waals surface area (Å²) in [6.07, 6.45) is 9.02. The lowest BCUT2D eigenvalue weighted by Gasteiger charge is -2.10. The molecule has 0 atom stereocenters. The summed E-state index contributed by atoms with van der Waals surface area (Å²) in [5.41, 5.74) is 2.40. The molecule has 0 aliphatic heterocycles. The van der Waals surface area contributed by atoms with Gasteiger partial charge in [-0.05, 0) is 53.7 Å². The number of aromatic nitrogens is 3. The molecule has 2 aromatic rings. The number of hydrogen-bond donors (Lipinski definition) is 1. The SMILES string of the molecule is Brc1cnc(-n2ccc(C3CC3)n2)c(CNC2CC2)c1. The van der Waals surface area contributed by atoms with Gasteiger partial charge >= 0.3 is 0 Å². The summed E-state index contributed by atoms with van der Waals surface area (Å²) in [6, 6.07) is 4.96. The number of hydrogen-bond acceptors (Lipinski definition) is 3. The summed E-state index contributed by atoms with van der Waals surface area (Å²) >= 11 is 3.51. The molecule has 2 fully saturated rings. The normalized spacial score (nSPS) is 18.4. The molecule has 0 amide bonds. The quantitative estimate of drug-likeness (QED) is 0.914. The van der Waals surface area contributed by atoms with Crippen LogP contribution in [-0.4, -0.2) is 20.8 Å². The standard InChI is InChI=1S/C15H17BrN4/c16-12-7-11(8-17-13-3-4-13)15(18-9-12)20-6-5-14(19-20)10-1-2-10/h5-7,9-10,13,17H,1-4,8H2. The minimum absolute atomic E-state index is 0.680. The van der Waals surface area contributed by atoms with Crippen LogP contribution in [0, 0.1) is 0 Å². The van der Waals surface area contributed by atoms with Crippen molar-refractivity contribution in [3.8, 4) is 5.82 Å². The van der Waals surface area contributed by atoms with Gasteiger partial charge in [-0.25, -0.2) is 9.67 Å². The maximum atomic E-state index is 4.69. The van der Waals surface area contributed by atoms with Crippen LogP contribution >= 0.6 is 15.9 Å².